The molecule has 1 saturated heterocycles. The van der Waals surface area contributed by atoms with E-state index in [0.29, 0.717) is 18.7 Å². The standard InChI is InChI=1S/C22H26F2N2O5S/c1-30-19-11-8-17(14-20(19)32(28,29)26-12-4-2-3-5-13-26)21(27)25-15-16-6-9-18(10-7-16)31-22(23)24/h6-11,14,22H,2-5,12-13,15H2,1H3,(H,25,27). The fourth-order valence-corrected chi connectivity index (χ4v) is 5.21. The van der Waals surface area contributed by atoms with Gasteiger partial charge in [-0.3, -0.25) is 4.79 Å². The van der Waals surface area contributed by atoms with Gasteiger partial charge in [-0.25, -0.2) is 8.42 Å². The number of rotatable bonds is 8. The van der Waals surface area contributed by atoms with E-state index in [1.54, 1.807) is 12.1 Å². The second kappa shape index (κ2) is 10.7. The zero-order valence-corrected chi connectivity index (χ0v) is 18.5. The van der Waals surface area contributed by atoms with Gasteiger partial charge < -0.3 is 14.8 Å². The Bertz CT molecular complexity index is 1020. The number of amides is 1. The fourth-order valence-electron chi connectivity index (χ4n) is 3.51. The number of ether oxygens (including phenoxy) is 2. The molecule has 0 spiro atoms. The minimum absolute atomic E-state index is 0.0218. The number of carbonyl (C=O) groups is 1. The summed E-state index contributed by atoms with van der Waals surface area (Å²) in [6.45, 7) is -1.90. The van der Waals surface area contributed by atoms with Gasteiger partial charge in [-0.2, -0.15) is 13.1 Å². The lowest BCUT2D eigenvalue weighted by atomic mass is 10.2. The summed E-state index contributed by atoms with van der Waals surface area (Å²) in [5.74, 6) is -0.262. The minimum Gasteiger partial charge on any atom is -0.495 e. The molecule has 2 aromatic carbocycles. The van der Waals surface area contributed by atoms with Crippen molar-refractivity contribution >= 4 is 15.9 Å². The zero-order chi connectivity index (χ0) is 23.1. The number of methoxy groups -OCH3 is 1. The summed E-state index contributed by atoms with van der Waals surface area (Å²) in [7, 11) is -2.43. The normalized spacial score (nSPS) is 15.2. The molecule has 0 radical (unpaired) electrons. The SMILES string of the molecule is COc1ccc(C(=O)NCc2ccc(OC(F)F)cc2)cc1S(=O)(=O)N1CCCCCC1. The van der Waals surface area contributed by atoms with Crippen LogP contribution in [0.5, 0.6) is 11.5 Å². The second-order valence-corrected chi connectivity index (χ2v) is 9.30. The summed E-state index contributed by atoms with van der Waals surface area (Å²) in [5, 5.41) is 2.70. The van der Waals surface area contributed by atoms with E-state index < -0.39 is 22.5 Å². The molecule has 1 N–H and O–H groups in total. The van der Waals surface area contributed by atoms with Crippen molar-refractivity contribution in [3.63, 3.8) is 0 Å². The van der Waals surface area contributed by atoms with Crippen LogP contribution in [0.2, 0.25) is 0 Å². The van der Waals surface area contributed by atoms with E-state index in [-0.39, 0.29) is 28.5 Å². The van der Waals surface area contributed by atoms with Crippen LogP contribution < -0.4 is 14.8 Å². The first-order chi connectivity index (χ1) is 15.3. The highest BCUT2D eigenvalue weighted by Gasteiger charge is 2.29. The van der Waals surface area contributed by atoms with Gasteiger partial charge in [0, 0.05) is 25.2 Å². The predicted molar refractivity (Wildman–Crippen MR) is 114 cm³/mol. The molecule has 2 aromatic rings. The van der Waals surface area contributed by atoms with Crippen LogP contribution in [0, 0.1) is 0 Å². The molecule has 0 unspecified atom stereocenters. The molecule has 1 aliphatic heterocycles. The Kier molecular flexibility index (Phi) is 8.03. The van der Waals surface area contributed by atoms with Crippen molar-refractivity contribution in [2.75, 3.05) is 20.2 Å². The molecule has 1 amide bonds. The molecule has 7 nitrogen and oxygen atoms in total. The average Bonchev–Trinajstić information content (AvgIpc) is 3.08. The Morgan fingerprint density at radius 1 is 1.06 bits per heavy atom. The third-order valence-electron chi connectivity index (χ3n) is 5.21. The van der Waals surface area contributed by atoms with Crippen LogP contribution >= 0.6 is 0 Å². The second-order valence-electron chi connectivity index (χ2n) is 7.39. The lowest BCUT2D eigenvalue weighted by Gasteiger charge is -2.21. The number of nitrogens with zero attached hydrogens (tertiary/aromatic N) is 1. The molecule has 0 aliphatic carbocycles. The van der Waals surface area contributed by atoms with Gasteiger partial charge in [0.1, 0.15) is 16.4 Å². The van der Waals surface area contributed by atoms with E-state index in [0.717, 1.165) is 25.7 Å². The van der Waals surface area contributed by atoms with E-state index in [1.807, 2.05) is 0 Å². The molecule has 0 aromatic heterocycles. The van der Waals surface area contributed by atoms with Gasteiger partial charge in [-0.1, -0.05) is 25.0 Å². The van der Waals surface area contributed by atoms with Crippen molar-refractivity contribution in [3.05, 3.63) is 53.6 Å². The summed E-state index contributed by atoms with van der Waals surface area (Å²) < 4.78 is 61.9. The predicted octanol–water partition coefficient (Wildman–Crippen LogP) is 3.79. The Hall–Kier alpha value is -2.72. The van der Waals surface area contributed by atoms with Crippen molar-refractivity contribution in [3.8, 4) is 11.5 Å². The first kappa shape index (κ1) is 23.9. The molecule has 1 fully saturated rings. The Balaban J connectivity index is 1.74. The third kappa shape index (κ3) is 5.95. The van der Waals surface area contributed by atoms with Crippen LogP contribution in [0.1, 0.15) is 41.6 Å². The van der Waals surface area contributed by atoms with Crippen molar-refractivity contribution in [2.45, 2.75) is 43.7 Å². The number of sulfonamides is 1. The van der Waals surface area contributed by atoms with Crippen LogP contribution in [0.4, 0.5) is 8.78 Å². The maximum Gasteiger partial charge on any atom is 0.387 e. The summed E-state index contributed by atoms with van der Waals surface area (Å²) >= 11 is 0. The van der Waals surface area contributed by atoms with E-state index in [2.05, 4.69) is 10.1 Å². The number of hydrogen-bond acceptors (Lipinski definition) is 5. The summed E-state index contributed by atoms with van der Waals surface area (Å²) in [5.41, 5.74) is 0.850. The van der Waals surface area contributed by atoms with Gasteiger partial charge in [-0.15, -0.1) is 0 Å². The maximum atomic E-state index is 13.2. The van der Waals surface area contributed by atoms with Crippen molar-refractivity contribution in [1.29, 1.82) is 0 Å². The monoisotopic (exact) mass is 468 g/mol. The van der Waals surface area contributed by atoms with Crippen molar-refractivity contribution in [1.82, 2.24) is 9.62 Å². The topological polar surface area (TPSA) is 84.9 Å². The Labute approximate surface area is 186 Å². The molecule has 10 heteroatoms. The van der Waals surface area contributed by atoms with Crippen LogP contribution in [-0.4, -0.2) is 45.4 Å². The number of benzene rings is 2. The molecular formula is C22H26F2N2O5S. The number of nitrogens with one attached hydrogen (secondary N) is 1. The summed E-state index contributed by atoms with van der Waals surface area (Å²) in [6, 6.07) is 10.2. The van der Waals surface area contributed by atoms with Crippen LogP contribution in [0.15, 0.2) is 47.4 Å². The maximum absolute atomic E-state index is 13.2. The fraction of sp³-hybridized carbons (Fsp3) is 0.409. The molecule has 0 atom stereocenters. The minimum atomic E-state index is -3.81. The summed E-state index contributed by atoms with van der Waals surface area (Å²) in [6.07, 6.45) is 3.56. The van der Waals surface area contributed by atoms with Gasteiger partial charge in [-0.05, 0) is 48.7 Å². The van der Waals surface area contributed by atoms with Crippen molar-refractivity contribution < 1.29 is 31.5 Å². The first-order valence-corrected chi connectivity index (χ1v) is 11.8. The highest BCUT2D eigenvalue weighted by molar-refractivity contribution is 7.89. The van der Waals surface area contributed by atoms with Gasteiger partial charge in [0.15, 0.2) is 0 Å². The summed E-state index contributed by atoms with van der Waals surface area (Å²) in [4.78, 5) is 12.6. The Morgan fingerprint density at radius 2 is 1.72 bits per heavy atom. The highest BCUT2D eigenvalue weighted by atomic mass is 32.2. The zero-order valence-electron chi connectivity index (χ0n) is 17.7. The molecular weight excluding hydrogens is 442 g/mol. The van der Waals surface area contributed by atoms with E-state index in [9.17, 15) is 22.0 Å². The molecule has 0 bridgehead atoms. The average molecular weight is 469 g/mol. The number of carbonyl (C=O) groups excluding carboxylic acids is 1. The van der Waals surface area contributed by atoms with E-state index >= 15 is 0 Å². The van der Waals surface area contributed by atoms with E-state index in [1.165, 1.54) is 41.7 Å². The smallest absolute Gasteiger partial charge is 0.387 e. The molecule has 1 aliphatic rings. The number of hydrogen-bond donors (Lipinski definition) is 1. The molecule has 3 rings (SSSR count). The van der Waals surface area contributed by atoms with Gasteiger partial charge in [0.05, 0.1) is 7.11 Å². The van der Waals surface area contributed by atoms with Gasteiger partial charge >= 0.3 is 6.61 Å². The molecule has 32 heavy (non-hydrogen) atoms. The number of halogens is 2. The molecule has 0 saturated carbocycles. The van der Waals surface area contributed by atoms with Crippen LogP contribution in [0.3, 0.4) is 0 Å². The lowest BCUT2D eigenvalue weighted by molar-refractivity contribution is -0.0498. The number of alkyl halides is 2. The lowest BCUT2D eigenvalue weighted by Crippen LogP contribution is -2.32. The highest BCUT2D eigenvalue weighted by Crippen LogP contribution is 2.29. The van der Waals surface area contributed by atoms with E-state index in [4.69, 9.17) is 4.74 Å². The third-order valence-corrected chi connectivity index (χ3v) is 7.13. The van der Waals surface area contributed by atoms with Gasteiger partial charge in [0.2, 0.25) is 10.0 Å². The van der Waals surface area contributed by atoms with Crippen LogP contribution in [0.25, 0.3) is 0 Å². The Morgan fingerprint density at radius 3 is 2.31 bits per heavy atom. The van der Waals surface area contributed by atoms with Crippen LogP contribution in [-0.2, 0) is 16.6 Å². The quantitative estimate of drug-likeness (QED) is 0.637. The largest absolute Gasteiger partial charge is 0.495 e. The first-order valence-electron chi connectivity index (χ1n) is 10.3. The molecule has 1 heterocycles. The van der Waals surface area contributed by atoms with Gasteiger partial charge in [0.25, 0.3) is 5.91 Å². The molecule has 174 valence electrons. The van der Waals surface area contributed by atoms with Crippen molar-refractivity contribution in [2.24, 2.45) is 0 Å².